The molecule has 1 aromatic heterocycles. The van der Waals surface area contributed by atoms with Crippen molar-refractivity contribution in [1.29, 1.82) is 0 Å². The summed E-state index contributed by atoms with van der Waals surface area (Å²) in [6, 6.07) is 9.72. The van der Waals surface area contributed by atoms with Crippen LogP contribution in [0.3, 0.4) is 0 Å². The van der Waals surface area contributed by atoms with E-state index < -0.39 is 0 Å². The molecule has 2 aromatic rings. The number of nitrogens with zero attached hydrogens (tertiary/aromatic N) is 2. The van der Waals surface area contributed by atoms with Crippen molar-refractivity contribution in [2.75, 3.05) is 5.43 Å². The molecule has 0 saturated carbocycles. The Labute approximate surface area is 114 Å². The second kappa shape index (κ2) is 6.62. The number of carbonyl (C=O) groups is 1. The molecule has 4 N–H and O–H groups in total. The van der Waals surface area contributed by atoms with Crippen molar-refractivity contribution < 1.29 is 4.79 Å². The Morgan fingerprint density at radius 3 is 2.95 bits per heavy atom. The average Bonchev–Trinajstić information content (AvgIpc) is 2.87. The molecule has 0 saturated heterocycles. The molecule has 2 rings (SSSR count). The largest absolute Gasteiger partial charge is 0.294 e. The fourth-order valence-corrected chi connectivity index (χ4v) is 2.02. The summed E-state index contributed by atoms with van der Waals surface area (Å²) in [5, 5.41) is 6.49. The Morgan fingerprint density at radius 1 is 1.42 bits per heavy atom. The molecular formula is C12H13N5OS. The molecule has 0 aliphatic heterocycles. The van der Waals surface area contributed by atoms with Gasteiger partial charge in [0.25, 0.3) is 0 Å². The minimum Gasteiger partial charge on any atom is -0.294 e. The van der Waals surface area contributed by atoms with Crippen molar-refractivity contribution in [3.63, 3.8) is 0 Å². The SMILES string of the molecule is NNC(=O)Cc1csc(N/N=C\c2ccccc2)n1. The van der Waals surface area contributed by atoms with E-state index in [1.807, 2.05) is 30.3 Å². The first-order valence-electron chi connectivity index (χ1n) is 5.56. The molecule has 19 heavy (non-hydrogen) atoms. The van der Waals surface area contributed by atoms with Crippen LogP contribution in [0.15, 0.2) is 40.8 Å². The van der Waals surface area contributed by atoms with Gasteiger partial charge in [-0.05, 0) is 5.56 Å². The molecule has 0 radical (unpaired) electrons. The normalized spacial score (nSPS) is 10.6. The Morgan fingerprint density at radius 2 is 2.21 bits per heavy atom. The summed E-state index contributed by atoms with van der Waals surface area (Å²) in [6.45, 7) is 0. The van der Waals surface area contributed by atoms with Crippen LogP contribution in [-0.4, -0.2) is 17.1 Å². The predicted molar refractivity (Wildman–Crippen MR) is 75.8 cm³/mol. The van der Waals surface area contributed by atoms with Crippen molar-refractivity contribution in [2.45, 2.75) is 6.42 Å². The molecule has 0 spiro atoms. The van der Waals surface area contributed by atoms with Crippen LogP contribution in [0.4, 0.5) is 5.13 Å². The zero-order valence-corrected chi connectivity index (χ0v) is 10.9. The minimum atomic E-state index is -0.273. The Balaban J connectivity index is 1.90. The number of hydrazone groups is 1. The molecule has 1 amide bonds. The first-order chi connectivity index (χ1) is 9.28. The predicted octanol–water partition coefficient (Wildman–Crippen LogP) is 1.12. The number of hydrogen-bond acceptors (Lipinski definition) is 6. The monoisotopic (exact) mass is 275 g/mol. The molecule has 6 nitrogen and oxygen atoms in total. The van der Waals surface area contributed by atoms with E-state index in [4.69, 9.17) is 5.84 Å². The van der Waals surface area contributed by atoms with E-state index in [-0.39, 0.29) is 12.3 Å². The number of aromatic nitrogens is 1. The molecule has 0 unspecified atom stereocenters. The fourth-order valence-electron chi connectivity index (χ4n) is 1.36. The summed E-state index contributed by atoms with van der Waals surface area (Å²) < 4.78 is 0. The molecule has 0 bridgehead atoms. The lowest BCUT2D eigenvalue weighted by molar-refractivity contribution is -0.120. The van der Waals surface area contributed by atoms with E-state index in [0.29, 0.717) is 10.8 Å². The molecule has 98 valence electrons. The van der Waals surface area contributed by atoms with E-state index in [1.165, 1.54) is 11.3 Å². The molecule has 1 heterocycles. The van der Waals surface area contributed by atoms with Gasteiger partial charge >= 0.3 is 0 Å². The maximum Gasteiger partial charge on any atom is 0.239 e. The van der Waals surface area contributed by atoms with E-state index in [1.54, 1.807) is 11.6 Å². The summed E-state index contributed by atoms with van der Waals surface area (Å²) >= 11 is 1.38. The second-order valence-electron chi connectivity index (χ2n) is 3.67. The van der Waals surface area contributed by atoms with Crippen molar-refractivity contribution in [3.8, 4) is 0 Å². The highest BCUT2D eigenvalue weighted by atomic mass is 32.1. The first kappa shape index (κ1) is 13.2. The van der Waals surface area contributed by atoms with E-state index >= 15 is 0 Å². The van der Waals surface area contributed by atoms with Gasteiger partial charge in [-0.3, -0.25) is 15.6 Å². The van der Waals surface area contributed by atoms with Crippen molar-refractivity contribution in [3.05, 3.63) is 47.0 Å². The molecule has 1 aromatic carbocycles. The number of hydrazine groups is 1. The molecule has 0 atom stereocenters. The van der Waals surface area contributed by atoms with Crippen LogP contribution in [0.25, 0.3) is 0 Å². The van der Waals surface area contributed by atoms with Crippen LogP contribution in [0, 0.1) is 0 Å². The van der Waals surface area contributed by atoms with Crippen LogP contribution in [0.1, 0.15) is 11.3 Å². The maximum atomic E-state index is 11.1. The first-order valence-corrected chi connectivity index (χ1v) is 6.44. The number of rotatable bonds is 5. The van der Waals surface area contributed by atoms with Crippen molar-refractivity contribution >= 4 is 28.6 Å². The van der Waals surface area contributed by atoms with E-state index in [0.717, 1.165) is 5.56 Å². The Bertz CT molecular complexity index is 567. The van der Waals surface area contributed by atoms with Gasteiger partial charge in [-0.1, -0.05) is 30.3 Å². The van der Waals surface area contributed by atoms with Gasteiger partial charge in [-0.25, -0.2) is 10.8 Å². The highest BCUT2D eigenvalue weighted by Crippen LogP contribution is 2.15. The number of anilines is 1. The summed E-state index contributed by atoms with van der Waals surface area (Å²) in [7, 11) is 0. The van der Waals surface area contributed by atoms with E-state index in [2.05, 4.69) is 20.9 Å². The quantitative estimate of drug-likeness (QED) is 0.330. The third kappa shape index (κ3) is 4.16. The number of carbonyl (C=O) groups excluding carboxylic acids is 1. The maximum absolute atomic E-state index is 11.1. The van der Waals surface area contributed by atoms with Gasteiger partial charge in [0, 0.05) is 5.38 Å². The zero-order chi connectivity index (χ0) is 13.5. The molecule has 7 heteroatoms. The molecule has 0 fully saturated rings. The number of amides is 1. The lowest BCUT2D eigenvalue weighted by Crippen LogP contribution is -2.31. The van der Waals surface area contributed by atoms with Crippen LogP contribution in [0.5, 0.6) is 0 Å². The van der Waals surface area contributed by atoms with E-state index in [9.17, 15) is 4.79 Å². The second-order valence-corrected chi connectivity index (χ2v) is 4.53. The van der Waals surface area contributed by atoms with Gasteiger partial charge in [0.05, 0.1) is 18.3 Å². The highest BCUT2D eigenvalue weighted by Gasteiger charge is 2.05. The smallest absolute Gasteiger partial charge is 0.239 e. The van der Waals surface area contributed by atoms with Gasteiger partial charge < -0.3 is 0 Å². The molecule has 0 aliphatic carbocycles. The standard InChI is InChI=1S/C12H13N5OS/c13-16-11(18)6-10-8-19-12(15-10)17-14-7-9-4-2-1-3-5-9/h1-5,7-8H,6,13H2,(H,15,17)(H,16,18)/b14-7-. The van der Waals surface area contributed by atoms with Crippen LogP contribution in [-0.2, 0) is 11.2 Å². The van der Waals surface area contributed by atoms with Crippen molar-refractivity contribution in [2.24, 2.45) is 10.9 Å². The third-order valence-corrected chi connectivity index (χ3v) is 3.02. The minimum absolute atomic E-state index is 0.164. The number of benzene rings is 1. The molecular weight excluding hydrogens is 262 g/mol. The van der Waals surface area contributed by atoms with Crippen LogP contribution < -0.4 is 16.7 Å². The van der Waals surface area contributed by atoms with Crippen LogP contribution in [0.2, 0.25) is 0 Å². The fraction of sp³-hybridized carbons (Fsp3) is 0.0833. The number of thiazole rings is 1. The average molecular weight is 275 g/mol. The zero-order valence-electron chi connectivity index (χ0n) is 10.0. The summed E-state index contributed by atoms with van der Waals surface area (Å²) in [6.07, 6.45) is 1.87. The lowest BCUT2D eigenvalue weighted by atomic mass is 10.2. The van der Waals surface area contributed by atoms with Gasteiger partial charge in [-0.15, -0.1) is 11.3 Å². The Hall–Kier alpha value is -2.25. The summed E-state index contributed by atoms with van der Waals surface area (Å²) in [5.74, 6) is 4.73. The lowest BCUT2D eigenvalue weighted by Gasteiger charge is -1.95. The topological polar surface area (TPSA) is 92.4 Å². The Kier molecular flexibility index (Phi) is 4.60. The highest BCUT2D eigenvalue weighted by molar-refractivity contribution is 7.13. The van der Waals surface area contributed by atoms with Crippen LogP contribution >= 0.6 is 11.3 Å². The summed E-state index contributed by atoms with van der Waals surface area (Å²) in [4.78, 5) is 15.3. The molecule has 0 aliphatic rings. The number of hydrogen-bond donors (Lipinski definition) is 3. The van der Waals surface area contributed by atoms with Gasteiger partial charge in [-0.2, -0.15) is 5.10 Å². The van der Waals surface area contributed by atoms with Crippen molar-refractivity contribution in [1.82, 2.24) is 10.4 Å². The third-order valence-electron chi connectivity index (χ3n) is 2.23. The van der Waals surface area contributed by atoms with Gasteiger partial charge in [0.2, 0.25) is 11.0 Å². The van der Waals surface area contributed by atoms with Gasteiger partial charge in [0.1, 0.15) is 0 Å². The number of nitrogens with two attached hydrogens (primary N) is 1. The number of nitrogens with one attached hydrogen (secondary N) is 2. The van der Waals surface area contributed by atoms with Gasteiger partial charge in [0.15, 0.2) is 0 Å². The summed E-state index contributed by atoms with van der Waals surface area (Å²) in [5.41, 5.74) is 6.53.